The van der Waals surface area contributed by atoms with E-state index in [1.54, 1.807) is 0 Å². The molecule has 0 heterocycles. The van der Waals surface area contributed by atoms with Crippen molar-refractivity contribution in [2.45, 2.75) is 63.3 Å². The zero-order valence-electron chi connectivity index (χ0n) is 14.0. The van der Waals surface area contributed by atoms with Crippen LogP contribution in [0.4, 0.5) is 0 Å². The first-order valence-corrected chi connectivity index (χ1v) is 9.93. The molecule has 0 amide bonds. The molecule has 128 valence electrons. The number of Topliss-reactive ketones (excluding diaryl/α,β-unsaturated/α-hetero) is 1. The van der Waals surface area contributed by atoms with Gasteiger partial charge in [0, 0.05) is 11.8 Å². The average molecular weight is 383 g/mol. The second kappa shape index (κ2) is 5.08. The number of halogens is 1. The molecule has 3 nitrogen and oxygen atoms in total. The molecule has 4 rings (SSSR count). The van der Waals surface area contributed by atoms with E-state index in [1.807, 2.05) is 6.08 Å². The predicted molar refractivity (Wildman–Crippen MR) is 92.3 cm³/mol. The van der Waals surface area contributed by atoms with Gasteiger partial charge in [0.1, 0.15) is 0 Å². The van der Waals surface area contributed by atoms with Crippen LogP contribution in [0.5, 0.6) is 0 Å². The molecule has 2 N–H and O–H groups in total. The van der Waals surface area contributed by atoms with E-state index >= 15 is 0 Å². The number of hydrogen-bond donors (Lipinski definition) is 2. The van der Waals surface area contributed by atoms with E-state index in [-0.39, 0.29) is 27.7 Å². The smallest absolute Gasteiger partial charge is 0.152 e. The lowest BCUT2D eigenvalue weighted by Gasteiger charge is -2.60. The molecule has 4 aliphatic carbocycles. The number of fused-ring (bicyclic) bond motifs is 5. The van der Waals surface area contributed by atoms with Gasteiger partial charge in [-0.25, -0.2) is 0 Å². The lowest BCUT2D eigenvalue weighted by molar-refractivity contribution is -0.157. The van der Waals surface area contributed by atoms with Gasteiger partial charge in [-0.05, 0) is 67.3 Å². The van der Waals surface area contributed by atoms with E-state index in [9.17, 15) is 15.0 Å². The first-order chi connectivity index (χ1) is 10.8. The fourth-order valence-electron chi connectivity index (χ4n) is 6.58. The number of aliphatic hydroxyl groups is 2. The lowest BCUT2D eigenvalue weighted by Crippen LogP contribution is -2.57. The molecular formula is C19H27BrO3. The molecule has 0 spiro atoms. The van der Waals surface area contributed by atoms with E-state index in [2.05, 4.69) is 29.8 Å². The number of carbonyl (C=O) groups excluding carboxylic acids is 1. The highest BCUT2D eigenvalue weighted by molar-refractivity contribution is 9.10. The van der Waals surface area contributed by atoms with Crippen LogP contribution < -0.4 is 0 Å². The van der Waals surface area contributed by atoms with Crippen LogP contribution in [0.3, 0.4) is 0 Å². The van der Waals surface area contributed by atoms with Crippen LogP contribution in [-0.2, 0) is 4.79 Å². The highest BCUT2D eigenvalue weighted by Crippen LogP contribution is 2.65. The third-order valence-corrected chi connectivity index (χ3v) is 8.80. The first-order valence-electron chi connectivity index (χ1n) is 9.02. The molecule has 23 heavy (non-hydrogen) atoms. The summed E-state index contributed by atoms with van der Waals surface area (Å²) < 4.78 is 0. The van der Waals surface area contributed by atoms with E-state index in [0.29, 0.717) is 35.7 Å². The third-order valence-electron chi connectivity index (χ3n) is 8.01. The Morgan fingerprint density at radius 1 is 1.26 bits per heavy atom. The van der Waals surface area contributed by atoms with Crippen LogP contribution in [0.2, 0.25) is 0 Å². The third kappa shape index (κ3) is 2.06. The van der Waals surface area contributed by atoms with Crippen molar-refractivity contribution in [3.63, 3.8) is 0 Å². The Morgan fingerprint density at radius 3 is 2.74 bits per heavy atom. The Bertz CT molecular complexity index is 573. The summed E-state index contributed by atoms with van der Waals surface area (Å²) >= 11 is 3.58. The topological polar surface area (TPSA) is 57.5 Å². The Kier molecular flexibility index (Phi) is 3.56. The highest BCUT2D eigenvalue weighted by Gasteiger charge is 2.63. The van der Waals surface area contributed by atoms with Gasteiger partial charge in [0.05, 0.1) is 16.7 Å². The van der Waals surface area contributed by atoms with Crippen molar-refractivity contribution in [1.29, 1.82) is 0 Å². The minimum atomic E-state index is -0.334. The average Bonchev–Trinajstić information content (AvgIpc) is 2.73. The van der Waals surface area contributed by atoms with Gasteiger partial charge < -0.3 is 10.2 Å². The summed E-state index contributed by atoms with van der Waals surface area (Å²) in [5, 5.41) is 20.9. The fourth-order valence-corrected chi connectivity index (χ4v) is 7.51. The van der Waals surface area contributed by atoms with E-state index in [4.69, 9.17) is 0 Å². The van der Waals surface area contributed by atoms with Gasteiger partial charge in [0.15, 0.2) is 5.78 Å². The number of carbonyl (C=O) groups is 1. The molecule has 0 aromatic rings. The van der Waals surface area contributed by atoms with Gasteiger partial charge in [-0.15, -0.1) is 0 Å². The Balaban J connectivity index is 1.72. The number of aliphatic hydroxyl groups excluding tert-OH is 2. The van der Waals surface area contributed by atoms with Gasteiger partial charge in [-0.3, -0.25) is 4.79 Å². The number of allylic oxidation sites excluding steroid dienone is 2. The van der Waals surface area contributed by atoms with Crippen molar-refractivity contribution < 1.29 is 15.0 Å². The highest BCUT2D eigenvalue weighted by atomic mass is 79.9. The molecule has 0 radical (unpaired) electrons. The lowest BCUT2D eigenvalue weighted by atomic mass is 9.45. The first kappa shape index (κ1) is 16.1. The Labute approximate surface area is 146 Å². The second-order valence-corrected chi connectivity index (χ2v) is 10.0. The van der Waals surface area contributed by atoms with Crippen LogP contribution in [0.15, 0.2) is 11.8 Å². The normalized spacial score (nSPS) is 55.7. The SMILES string of the molecule is C[C@]12CC=C(O)C[C@@H]1C[C@H](O)[C@@H]1[C@@H]2CC[C@]2(C)C(=O)[C@H](Br)C[C@@H]12. The van der Waals surface area contributed by atoms with Crippen molar-refractivity contribution >= 4 is 21.7 Å². The summed E-state index contributed by atoms with van der Waals surface area (Å²) in [6.45, 7) is 4.49. The summed E-state index contributed by atoms with van der Waals surface area (Å²) in [5.74, 6) is 2.20. The summed E-state index contributed by atoms with van der Waals surface area (Å²) in [5.41, 5.74) is -0.100. The molecule has 8 atom stereocenters. The molecule has 4 heteroatoms. The van der Waals surface area contributed by atoms with Crippen LogP contribution >= 0.6 is 15.9 Å². The van der Waals surface area contributed by atoms with Crippen LogP contribution in [0.25, 0.3) is 0 Å². The largest absolute Gasteiger partial charge is 0.513 e. The van der Waals surface area contributed by atoms with Crippen molar-refractivity contribution in [3.05, 3.63) is 11.8 Å². The van der Waals surface area contributed by atoms with E-state index in [1.165, 1.54) is 0 Å². The summed E-state index contributed by atoms with van der Waals surface area (Å²) in [6.07, 6.45) is 6.89. The Morgan fingerprint density at radius 2 is 2.00 bits per heavy atom. The van der Waals surface area contributed by atoms with Crippen molar-refractivity contribution in [3.8, 4) is 0 Å². The zero-order valence-corrected chi connectivity index (χ0v) is 15.6. The van der Waals surface area contributed by atoms with Gasteiger partial charge in [0.2, 0.25) is 0 Å². The maximum absolute atomic E-state index is 12.7. The summed E-state index contributed by atoms with van der Waals surface area (Å²) in [4.78, 5) is 12.6. The number of hydrogen-bond acceptors (Lipinski definition) is 3. The van der Waals surface area contributed by atoms with Gasteiger partial charge >= 0.3 is 0 Å². The van der Waals surface area contributed by atoms with Gasteiger partial charge in [0.25, 0.3) is 0 Å². The molecule has 3 saturated carbocycles. The predicted octanol–water partition coefficient (Wildman–Crippen LogP) is 3.99. The number of rotatable bonds is 0. The molecule has 0 aromatic heterocycles. The summed E-state index contributed by atoms with van der Waals surface area (Å²) in [6, 6.07) is 0. The second-order valence-electron chi connectivity index (χ2n) is 8.92. The quantitative estimate of drug-likeness (QED) is 0.622. The van der Waals surface area contributed by atoms with Gasteiger partial charge in [-0.1, -0.05) is 29.8 Å². The molecule has 0 aromatic carbocycles. The molecule has 0 aliphatic heterocycles. The van der Waals surface area contributed by atoms with Gasteiger partial charge in [-0.2, -0.15) is 0 Å². The van der Waals surface area contributed by atoms with Crippen molar-refractivity contribution in [2.75, 3.05) is 0 Å². The fraction of sp³-hybridized carbons (Fsp3) is 0.842. The molecule has 0 bridgehead atoms. The number of alkyl halides is 1. The zero-order chi connectivity index (χ0) is 16.6. The minimum Gasteiger partial charge on any atom is -0.513 e. The molecule has 3 fully saturated rings. The van der Waals surface area contributed by atoms with Crippen LogP contribution in [0, 0.1) is 34.5 Å². The van der Waals surface area contributed by atoms with E-state index < -0.39 is 0 Å². The maximum Gasteiger partial charge on any atom is 0.152 e. The molecular weight excluding hydrogens is 356 g/mol. The van der Waals surface area contributed by atoms with E-state index in [0.717, 1.165) is 32.1 Å². The van der Waals surface area contributed by atoms with Crippen LogP contribution in [-0.4, -0.2) is 26.9 Å². The Hall–Kier alpha value is -0.350. The number of ketones is 1. The molecule has 0 saturated heterocycles. The van der Waals surface area contributed by atoms with Crippen LogP contribution in [0.1, 0.15) is 52.4 Å². The summed E-state index contributed by atoms with van der Waals surface area (Å²) in [7, 11) is 0. The minimum absolute atomic E-state index is 0.0377. The molecule has 4 aliphatic rings. The maximum atomic E-state index is 12.7. The molecule has 0 unspecified atom stereocenters. The monoisotopic (exact) mass is 382 g/mol. The van der Waals surface area contributed by atoms with Crippen molar-refractivity contribution in [1.82, 2.24) is 0 Å². The standard InChI is InChI=1S/C19H27BrO3/c1-18-5-3-11(21)7-10(18)8-15(22)16-12(18)4-6-19(2)13(16)9-14(20)17(19)23/h3,10,12-16,21-22H,4-9H2,1-2H3/t10-,12+,13+,14-,15+,16-,18+,19+/m1/s1. The van der Waals surface area contributed by atoms with Crippen molar-refractivity contribution in [2.24, 2.45) is 34.5 Å².